The van der Waals surface area contributed by atoms with Gasteiger partial charge in [0, 0.05) is 6.42 Å². The molecule has 0 aliphatic heterocycles. The summed E-state index contributed by atoms with van der Waals surface area (Å²) in [6.07, 6.45) is 0.888. The van der Waals surface area contributed by atoms with Crippen LogP contribution in [0.5, 0.6) is 5.75 Å². The van der Waals surface area contributed by atoms with Crippen molar-refractivity contribution in [3.8, 4) is 16.9 Å². The molecule has 3 aromatic carbocycles. The summed E-state index contributed by atoms with van der Waals surface area (Å²) in [5.74, 6) is 0.949. The van der Waals surface area contributed by atoms with Gasteiger partial charge in [0.05, 0.1) is 7.11 Å². The third-order valence-corrected chi connectivity index (χ3v) is 3.65. The van der Waals surface area contributed by atoms with Crippen molar-refractivity contribution in [2.75, 3.05) is 7.11 Å². The standard InChI is InChI=1S/C20H18O/c1-21-20-10-6-5-9-19(20)15-16-11-13-18(14-12-16)17-7-3-2-4-8-17/h2-14H,15H2,1H3. The summed E-state index contributed by atoms with van der Waals surface area (Å²) in [5.41, 5.74) is 5.01. The van der Waals surface area contributed by atoms with E-state index in [1.807, 2.05) is 18.2 Å². The highest BCUT2D eigenvalue weighted by Gasteiger charge is 2.03. The Hall–Kier alpha value is -2.54. The van der Waals surface area contributed by atoms with Gasteiger partial charge in [0.15, 0.2) is 0 Å². The lowest BCUT2D eigenvalue weighted by Gasteiger charge is -2.09. The molecule has 0 unspecified atom stereocenters. The van der Waals surface area contributed by atoms with Crippen molar-refractivity contribution in [2.45, 2.75) is 6.42 Å². The van der Waals surface area contributed by atoms with Crippen LogP contribution in [0.15, 0.2) is 78.9 Å². The van der Waals surface area contributed by atoms with E-state index in [1.165, 1.54) is 22.3 Å². The lowest BCUT2D eigenvalue weighted by molar-refractivity contribution is 0.410. The summed E-state index contributed by atoms with van der Waals surface area (Å²) < 4.78 is 5.41. The molecule has 0 aliphatic carbocycles. The average molecular weight is 274 g/mol. The fourth-order valence-corrected chi connectivity index (χ4v) is 2.51. The van der Waals surface area contributed by atoms with Crippen LogP contribution in [0.3, 0.4) is 0 Å². The first kappa shape index (κ1) is 13.4. The molecule has 0 radical (unpaired) electrons. The Labute approximate surface area is 125 Å². The third kappa shape index (κ3) is 3.14. The zero-order valence-electron chi connectivity index (χ0n) is 12.1. The highest BCUT2D eigenvalue weighted by molar-refractivity contribution is 5.63. The van der Waals surface area contributed by atoms with Crippen LogP contribution in [-0.2, 0) is 6.42 Å². The summed E-state index contributed by atoms with van der Waals surface area (Å²) in [6.45, 7) is 0. The van der Waals surface area contributed by atoms with Crippen LogP contribution in [0.1, 0.15) is 11.1 Å². The Kier molecular flexibility index (Phi) is 4.02. The van der Waals surface area contributed by atoms with Crippen molar-refractivity contribution in [1.29, 1.82) is 0 Å². The summed E-state index contributed by atoms with van der Waals surface area (Å²) in [6, 6.07) is 27.4. The molecule has 21 heavy (non-hydrogen) atoms. The van der Waals surface area contributed by atoms with Gasteiger partial charge in [-0.1, -0.05) is 72.8 Å². The van der Waals surface area contributed by atoms with Gasteiger partial charge in [-0.3, -0.25) is 0 Å². The van der Waals surface area contributed by atoms with Gasteiger partial charge < -0.3 is 4.74 Å². The minimum Gasteiger partial charge on any atom is -0.496 e. The predicted octanol–water partition coefficient (Wildman–Crippen LogP) is 4.95. The van der Waals surface area contributed by atoms with Gasteiger partial charge in [-0.15, -0.1) is 0 Å². The van der Waals surface area contributed by atoms with E-state index in [0.29, 0.717) is 0 Å². The van der Waals surface area contributed by atoms with Crippen LogP contribution in [0.4, 0.5) is 0 Å². The quantitative estimate of drug-likeness (QED) is 0.654. The monoisotopic (exact) mass is 274 g/mol. The molecular formula is C20H18O. The minimum absolute atomic E-state index is 0.888. The van der Waals surface area contributed by atoms with Gasteiger partial charge in [-0.05, 0) is 28.3 Å². The van der Waals surface area contributed by atoms with Crippen LogP contribution in [-0.4, -0.2) is 7.11 Å². The fourth-order valence-electron chi connectivity index (χ4n) is 2.51. The van der Waals surface area contributed by atoms with Crippen LogP contribution in [0.25, 0.3) is 11.1 Å². The van der Waals surface area contributed by atoms with E-state index >= 15 is 0 Å². The molecule has 0 bridgehead atoms. The minimum atomic E-state index is 0.888. The lowest BCUT2D eigenvalue weighted by atomic mass is 10.00. The Morgan fingerprint density at radius 3 is 2.00 bits per heavy atom. The summed E-state index contributed by atoms with van der Waals surface area (Å²) in [5, 5.41) is 0. The van der Waals surface area contributed by atoms with Crippen molar-refractivity contribution in [3.63, 3.8) is 0 Å². The van der Waals surface area contributed by atoms with Crippen LogP contribution in [0, 0.1) is 0 Å². The van der Waals surface area contributed by atoms with E-state index in [9.17, 15) is 0 Å². The second kappa shape index (κ2) is 6.27. The van der Waals surface area contributed by atoms with Gasteiger partial charge in [0.2, 0.25) is 0 Å². The molecule has 3 rings (SSSR count). The molecule has 0 spiro atoms. The van der Waals surface area contributed by atoms with Gasteiger partial charge in [0.25, 0.3) is 0 Å². The van der Waals surface area contributed by atoms with E-state index in [4.69, 9.17) is 4.74 Å². The average Bonchev–Trinajstić information content (AvgIpc) is 2.57. The summed E-state index contributed by atoms with van der Waals surface area (Å²) in [4.78, 5) is 0. The van der Waals surface area contributed by atoms with E-state index in [-0.39, 0.29) is 0 Å². The van der Waals surface area contributed by atoms with E-state index in [0.717, 1.165) is 12.2 Å². The largest absolute Gasteiger partial charge is 0.496 e. The summed E-state index contributed by atoms with van der Waals surface area (Å²) >= 11 is 0. The number of benzene rings is 3. The van der Waals surface area contributed by atoms with E-state index < -0.39 is 0 Å². The van der Waals surface area contributed by atoms with Gasteiger partial charge in [-0.2, -0.15) is 0 Å². The molecule has 0 fully saturated rings. The topological polar surface area (TPSA) is 9.23 Å². The van der Waals surface area contributed by atoms with Gasteiger partial charge >= 0.3 is 0 Å². The van der Waals surface area contributed by atoms with Crippen LogP contribution in [0.2, 0.25) is 0 Å². The molecule has 0 N–H and O–H groups in total. The van der Waals surface area contributed by atoms with Gasteiger partial charge in [0.1, 0.15) is 5.75 Å². The molecule has 0 aromatic heterocycles. The molecular weight excluding hydrogens is 256 g/mol. The SMILES string of the molecule is COc1ccccc1Cc1ccc(-c2ccccc2)cc1. The second-order valence-electron chi connectivity index (χ2n) is 5.05. The molecule has 0 aliphatic rings. The molecule has 3 aromatic rings. The fraction of sp³-hybridized carbons (Fsp3) is 0.100. The number of methoxy groups -OCH3 is 1. The summed E-state index contributed by atoms with van der Waals surface area (Å²) in [7, 11) is 1.72. The number of hydrogen-bond donors (Lipinski definition) is 0. The molecule has 104 valence electrons. The van der Waals surface area contributed by atoms with Crippen molar-refractivity contribution in [2.24, 2.45) is 0 Å². The smallest absolute Gasteiger partial charge is 0.122 e. The highest BCUT2D eigenvalue weighted by Crippen LogP contribution is 2.23. The Balaban J connectivity index is 1.82. The van der Waals surface area contributed by atoms with E-state index in [2.05, 4.69) is 60.7 Å². The first-order valence-electron chi connectivity index (χ1n) is 7.13. The van der Waals surface area contributed by atoms with Crippen molar-refractivity contribution in [3.05, 3.63) is 90.0 Å². The van der Waals surface area contributed by atoms with Crippen molar-refractivity contribution >= 4 is 0 Å². The molecule has 1 nitrogen and oxygen atoms in total. The zero-order valence-corrected chi connectivity index (χ0v) is 12.1. The second-order valence-corrected chi connectivity index (χ2v) is 5.05. The number of rotatable bonds is 4. The maximum absolute atomic E-state index is 5.41. The lowest BCUT2D eigenvalue weighted by Crippen LogP contribution is -1.93. The molecule has 0 amide bonds. The highest BCUT2D eigenvalue weighted by atomic mass is 16.5. The molecule has 0 heterocycles. The van der Waals surface area contributed by atoms with Crippen LogP contribution < -0.4 is 4.74 Å². The molecule has 0 atom stereocenters. The first-order valence-corrected chi connectivity index (χ1v) is 7.13. The molecule has 0 saturated carbocycles. The molecule has 1 heteroatoms. The van der Waals surface area contributed by atoms with Crippen molar-refractivity contribution < 1.29 is 4.74 Å². The number of para-hydroxylation sites is 1. The normalized spacial score (nSPS) is 10.3. The third-order valence-electron chi connectivity index (χ3n) is 3.65. The molecule has 0 saturated heterocycles. The van der Waals surface area contributed by atoms with E-state index in [1.54, 1.807) is 7.11 Å². The predicted molar refractivity (Wildman–Crippen MR) is 87.7 cm³/mol. The first-order chi connectivity index (χ1) is 10.4. The Morgan fingerprint density at radius 2 is 1.29 bits per heavy atom. The maximum Gasteiger partial charge on any atom is 0.122 e. The van der Waals surface area contributed by atoms with Crippen molar-refractivity contribution in [1.82, 2.24) is 0 Å². The zero-order chi connectivity index (χ0) is 14.5. The Bertz CT molecular complexity index is 699. The Morgan fingerprint density at radius 1 is 0.667 bits per heavy atom. The van der Waals surface area contributed by atoms with Crippen LogP contribution >= 0.6 is 0 Å². The number of ether oxygens (including phenoxy) is 1. The number of hydrogen-bond acceptors (Lipinski definition) is 1. The van der Waals surface area contributed by atoms with Gasteiger partial charge in [-0.25, -0.2) is 0 Å². The maximum atomic E-state index is 5.41.